The number of fused-ring (bicyclic) bond motifs is 1. The van der Waals surface area contributed by atoms with Gasteiger partial charge in [0, 0.05) is 24.6 Å². The van der Waals surface area contributed by atoms with E-state index in [4.69, 9.17) is 0 Å². The van der Waals surface area contributed by atoms with Gasteiger partial charge in [0.1, 0.15) is 11.5 Å². The summed E-state index contributed by atoms with van der Waals surface area (Å²) < 4.78 is 55.6. The third kappa shape index (κ3) is 4.86. The van der Waals surface area contributed by atoms with E-state index in [0.29, 0.717) is 5.56 Å². The molecule has 3 N–H and O–H groups in total. The van der Waals surface area contributed by atoms with Crippen molar-refractivity contribution >= 4 is 22.8 Å². The van der Waals surface area contributed by atoms with E-state index in [0.717, 1.165) is 12.1 Å². The molecule has 0 bridgehead atoms. The normalized spacial score (nSPS) is 11.5. The number of nitrogens with zero attached hydrogens (tertiary/aromatic N) is 2. The largest absolute Gasteiger partial charge is 0.418 e. The van der Waals surface area contributed by atoms with Crippen LogP contribution in [0.15, 0.2) is 59.7 Å². The van der Waals surface area contributed by atoms with E-state index in [1.54, 1.807) is 6.07 Å². The molecule has 4 aromatic rings. The standard InChI is InChI=1S/C22H17F4N5O2/c1-12-20(32)30-17-8-16(22(24,25)26)19(9-18(17)28-12)31-6-5-13(11-31)10-27-21(33)29-15-4-2-3-14(23)7-15/h2-9,11H,10H2,1H3,(H,30,32)(H2,27,29,33). The van der Waals surface area contributed by atoms with Gasteiger partial charge in [-0.15, -0.1) is 0 Å². The molecule has 0 saturated heterocycles. The summed E-state index contributed by atoms with van der Waals surface area (Å²) in [6, 6.07) is 8.40. The van der Waals surface area contributed by atoms with E-state index in [1.165, 1.54) is 48.1 Å². The van der Waals surface area contributed by atoms with Crippen LogP contribution >= 0.6 is 0 Å². The molecule has 0 radical (unpaired) electrons. The minimum atomic E-state index is -4.68. The molecule has 2 amide bonds. The van der Waals surface area contributed by atoms with Gasteiger partial charge in [-0.3, -0.25) is 4.79 Å². The molecule has 0 spiro atoms. The lowest BCUT2D eigenvalue weighted by Gasteiger charge is -2.15. The molecule has 2 heterocycles. The Bertz CT molecular complexity index is 1410. The van der Waals surface area contributed by atoms with Gasteiger partial charge in [-0.05, 0) is 48.9 Å². The van der Waals surface area contributed by atoms with Gasteiger partial charge in [-0.25, -0.2) is 14.2 Å². The van der Waals surface area contributed by atoms with Crippen LogP contribution in [0, 0.1) is 12.7 Å². The van der Waals surface area contributed by atoms with Gasteiger partial charge in [-0.1, -0.05) is 6.07 Å². The molecule has 0 atom stereocenters. The van der Waals surface area contributed by atoms with E-state index in [1.807, 2.05) is 0 Å². The second-order valence-electron chi connectivity index (χ2n) is 7.28. The molecule has 0 unspecified atom stereocenters. The van der Waals surface area contributed by atoms with Crippen LogP contribution in [0.5, 0.6) is 0 Å². The number of H-pyrrole nitrogens is 1. The average molecular weight is 459 g/mol. The lowest BCUT2D eigenvalue weighted by Crippen LogP contribution is -2.28. The van der Waals surface area contributed by atoms with Crippen molar-refractivity contribution in [2.75, 3.05) is 5.32 Å². The van der Waals surface area contributed by atoms with Crippen LogP contribution in [0.1, 0.15) is 16.8 Å². The van der Waals surface area contributed by atoms with Crippen molar-refractivity contribution in [1.82, 2.24) is 19.9 Å². The number of hydrogen-bond donors (Lipinski definition) is 3. The molecular weight excluding hydrogens is 442 g/mol. The molecule has 2 aromatic carbocycles. The van der Waals surface area contributed by atoms with E-state index in [9.17, 15) is 27.2 Å². The molecule has 0 aliphatic heterocycles. The summed E-state index contributed by atoms with van der Waals surface area (Å²) in [4.78, 5) is 30.3. The smallest absolute Gasteiger partial charge is 0.334 e. The third-order valence-corrected chi connectivity index (χ3v) is 4.85. The Morgan fingerprint density at radius 2 is 1.97 bits per heavy atom. The minimum absolute atomic E-state index is 0.0216. The lowest BCUT2D eigenvalue weighted by molar-refractivity contribution is -0.137. The van der Waals surface area contributed by atoms with Gasteiger partial charge < -0.3 is 20.2 Å². The van der Waals surface area contributed by atoms with Gasteiger partial charge in [0.25, 0.3) is 5.56 Å². The van der Waals surface area contributed by atoms with Gasteiger partial charge in [-0.2, -0.15) is 13.2 Å². The number of alkyl halides is 3. The number of nitrogens with one attached hydrogen (secondary N) is 3. The third-order valence-electron chi connectivity index (χ3n) is 4.85. The number of aromatic amines is 1. The van der Waals surface area contributed by atoms with Crippen LogP contribution in [-0.4, -0.2) is 20.6 Å². The maximum absolute atomic E-state index is 13.7. The van der Waals surface area contributed by atoms with Crippen LogP contribution in [-0.2, 0) is 12.7 Å². The first-order valence-electron chi connectivity index (χ1n) is 9.70. The Morgan fingerprint density at radius 3 is 2.70 bits per heavy atom. The molecule has 33 heavy (non-hydrogen) atoms. The Balaban J connectivity index is 1.58. The molecule has 4 rings (SSSR count). The number of urea groups is 1. The maximum Gasteiger partial charge on any atom is 0.418 e. The molecule has 7 nitrogen and oxygen atoms in total. The number of rotatable bonds is 4. The SMILES string of the molecule is Cc1nc2cc(-n3ccc(CNC(=O)Nc4cccc(F)c4)c3)c(C(F)(F)F)cc2[nH]c1=O. The second kappa shape index (κ2) is 8.41. The molecule has 0 aliphatic carbocycles. The zero-order valence-corrected chi connectivity index (χ0v) is 17.1. The predicted molar refractivity (Wildman–Crippen MR) is 114 cm³/mol. The number of carbonyl (C=O) groups excluding carboxylic acids is 1. The van der Waals surface area contributed by atoms with Gasteiger partial charge in [0.2, 0.25) is 0 Å². The van der Waals surface area contributed by atoms with Crippen molar-refractivity contribution in [1.29, 1.82) is 0 Å². The Hall–Kier alpha value is -4.15. The van der Waals surface area contributed by atoms with Crippen molar-refractivity contribution in [3.8, 4) is 5.69 Å². The average Bonchev–Trinajstić information content (AvgIpc) is 3.21. The molecule has 170 valence electrons. The molecular formula is C22H17F4N5O2. The Labute approximate surface area is 184 Å². The fraction of sp³-hybridized carbons (Fsp3) is 0.136. The lowest BCUT2D eigenvalue weighted by atomic mass is 10.1. The zero-order valence-electron chi connectivity index (χ0n) is 17.1. The first-order valence-corrected chi connectivity index (χ1v) is 9.70. The number of hydrogen-bond acceptors (Lipinski definition) is 3. The molecule has 0 fully saturated rings. The fourth-order valence-electron chi connectivity index (χ4n) is 3.27. The van der Waals surface area contributed by atoms with Crippen molar-refractivity contribution in [2.24, 2.45) is 0 Å². The number of anilines is 1. The highest BCUT2D eigenvalue weighted by Crippen LogP contribution is 2.36. The first kappa shape index (κ1) is 22.1. The van der Waals surface area contributed by atoms with Crippen LogP contribution in [0.4, 0.5) is 28.0 Å². The van der Waals surface area contributed by atoms with Crippen LogP contribution in [0.2, 0.25) is 0 Å². The van der Waals surface area contributed by atoms with E-state index < -0.39 is 29.1 Å². The summed E-state index contributed by atoms with van der Waals surface area (Å²) >= 11 is 0. The highest BCUT2D eigenvalue weighted by Gasteiger charge is 2.34. The van der Waals surface area contributed by atoms with Gasteiger partial charge in [0.15, 0.2) is 0 Å². The van der Waals surface area contributed by atoms with Crippen molar-refractivity contribution in [3.05, 3.63) is 87.9 Å². The Morgan fingerprint density at radius 1 is 1.18 bits per heavy atom. The fourth-order valence-corrected chi connectivity index (χ4v) is 3.27. The predicted octanol–water partition coefficient (Wildman–Crippen LogP) is 4.50. The number of aryl methyl sites for hydroxylation is 1. The number of amides is 2. The number of benzene rings is 2. The van der Waals surface area contributed by atoms with Gasteiger partial charge >= 0.3 is 12.2 Å². The van der Waals surface area contributed by atoms with Crippen molar-refractivity contribution in [2.45, 2.75) is 19.6 Å². The van der Waals surface area contributed by atoms with Crippen LogP contribution in [0.3, 0.4) is 0 Å². The summed E-state index contributed by atoms with van der Waals surface area (Å²) in [5.74, 6) is -0.505. The number of aromatic nitrogens is 3. The summed E-state index contributed by atoms with van der Waals surface area (Å²) in [6.07, 6.45) is -1.81. The molecule has 2 aromatic heterocycles. The second-order valence-corrected chi connectivity index (χ2v) is 7.28. The minimum Gasteiger partial charge on any atom is -0.334 e. The van der Waals surface area contributed by atoms with Crippen molar-refractivity contribution in [3.63, 3.8) is 0 Å². The van der Waals surface area contributed by atoms with Crippen molar-refractivity contribution < 1.29 is 22.4 Å². The molecule has 0 aliphatic rings. The van der Waals surface area contributed by atoms with Gasteiger partial charge in [0.05, 0.1) is 22.3 Å². The quantitative estimate of drug-likeness (QED) is 0.393. The van der Waals surface area contributed by atoms with Crippen LogP contribution < -0.4 is 16.2 Å². The summed E-state index contributed by atoms with van der Waals surface area (Å²) in [5.41, 5.74) is -0.577. The first-order chi connectivity index (χ1) is 15.6. The molecule has 11 heteroatoms. The van der Waals surface area contributed by atoms with Crippen LogP contribution in [0.25, 0.3) is 16.7 Å². The number of carbonyl (C=O) groups is 1. The van der Waals surface area contributed by atoms with E-state index in [-0.39, 0.29) is 34.6 Å². The molecule has 0 saturated carbocycles. The topological polar surface area (TPSA) is 91.8 Å². The monoisotopic (exact) mass is 459 g/mol. The summed E-state index contributed by atoms with van der Waals surface area (Å²) in [5, 5.41) is 5.03. The number of halogens is 4. The zero-order chi connectivity index (χ0) is 23.8. The maximum atomic E-state index is 13.7. The van der Waals surface area contributed by atoms with E-state index in [2.05, 4.69) is 20.6 Å². The highest BCUT2D eigenvalue weighted by atomic mass is 19.4. The highest BCUT2D eigenvalue weighted by molar-refractivity contribution is 5.89. The summed E-state index contributed by atoms with van der Waals surface area (Å²) in [7, 11) is 0. The van der Waals surface area contributed by atoms with E-state index >= 15 is 0 Å². The summed E-state index contributed by atoms with van der Waals surface area (Å²) in [6.45, 7) is 1.48. The Kier molecular flexibility index (Phi) is 5.62.